The Labute approximate surface area is 165 Å². The average Bonchev–Trinajstić information content (AvgIpc) is 3.26. The number of hydrogen-bond acceptors (Lipinski definition) is 5. The quantitative estimate of drug-likeness (QED) is 0.437. The van der Waals surface area contributed by atoms with E-state index in [2.05, 4.69) is 4.74 Å². The highest BCUT2D eigenvalue weighted by Gasteiger charge is 2.15. The molecule has 28 heavy (non-hydrogen) atoms. The van der Waals surface area contributed by atoms with Crippen LogP contribution >= 0.6 is 11.3 Å². The summed E-state index contributed by atoms with van der Waals surface area (Å²) >= 11 is 1.42. The molecule has 0 fully saturated rings. The Morgan fingerprint density at radius 2 is 1.75 bits per heavy atom. The summed E-state index contributed by atoms with van der Waals surface area (Å²) in [4.78, 5) is 24.9. The second kappa shape index (κ2) is 9.10. The van der Waals surface area contributed by atoms with E-state index in [4.69, 9.17) is 4.74 Å². The lowest BCUT2D eigenvalue weighted by Crippen LogP contribution is -2.07. The molecule has 0 atom stereocenters. The fraction of sp³-hybridized carbons (Fsp3) is 0.0909. The number of esters is 2. The number of benzene rings is 2. The van der Waals surface area contributed by atoms with Crippen molar-refractivity contribution < 1.29 is 23.5 Å². The van der Waals surface area contributed by atoms with Crippen LogP contribution in [0.1, 0.15) is 26.4 Å². The molecule has 3 rings (SSSR count). The third-order valence-corrected chi connectivity index (χ3v) is 4.84. The third kappa shape index (κ3) is 4.92. The Hall–Kier alpha value is -3.25. The van der Waals surface area contributed by atoms with Crippen LogP contribution in [0.25, 0.3) is 11.6 Å². The Kier molecular flexibility index (Phi) is 6.34. The summed E-state index contributed by atoms with van der Waals surface area (Å²) in [5, 5.41) is 1.87. The molecule has 0 aliphatic carbocycles. The zero-order valence-electron chi connectivity index (χ0n) is 15.1. The largest absolute Gasteiger partial charge is 0.465 e. The van der Waals surface area contributed by atoms with E-state index >= 15 is 0 Å². The zero-order chi connectivity index (χ0) is 19.9. The van der Waals surface area contributed by atoms with Gasteiger partial charge in [0.2, 0.25) is 0 Å². The predicted octanol–water partition coefficient (Wildman–Crippen LogP) is 4.96. The van der Waals surface area contributed by atoms with Gasteiger partial charge in [0.25, 0.3) is 0 Å². The van der Waals surface area contributed by atoms with Gasteiger partial charge in [-0.05, 0) is 52.9 Å². The molecule has 142 valence electrons. The van der Waals surface area contributed by atoms with E-state index in [-0.39, 0.29) is 12.4 Å². The minimum absolute atomic E-state index is 0.0619. The lowest BCUT2D eigenvalue weighted by Gasteiger charge is -2.08. The first-order valence-corrected chi connectivity index (χ1v) is 9.30. The fourth-order valence-corrected chi connectivity index (χ4v) is 3.20. The van der Waals surface area contributed by atoms with Crippen molar-refractivity contribution >= 4 is 34.9 Å². The van der Waals surface area contributed by atoms with Gasteiger partial charge in [-0.2, -0.15) is 0 Å². The normalized spacial score (nSPS) is 11.1. The van der Waals surface area contributed by atoms with Crippen LogP contribution in [0.2, 0.25) is 0 Å². The maximum atomic E-state index is 13.1. The van der Waals surface area contributed by atoms with Gasteiger partial charge in [0.05, 0.1) is 18.2 Å². The third-order valence-electron chi connectivity index (χ3n) is 3.93. The first kappa shape index (κ1) is 19.5. The van der Waals surface area contributed by atoms with Gasteiger partial charge in [0, 0.05) is 4.88 Å². The van der Waals surface area contributed by atoms with Crippen LogP contribution in [0.4, 0.5) is 4.39 Å². The molecule has 1 heterocycles. The van der Waals surface area contributed by atoms with E-state index in [1.54, 1.807) is 42.5 Å². The summed E-state index contributed by atoms with van der Waals surface area (Å²) in [6.45, 7) is 0.0619. The Bertz CT molecular complexity index is 974. The molecule has 3 aromatic rings. The standard InChI is InChI=1S/C22H17FO4S/c1-26-21(24)17-8-4-16(5-9-17)14-27-22(25)19(20-3-2-12-28-20)13-15-6-10-18(23)11-7-15/h2-13H,14H2,1H3. The van der Waals surface area contributed by atoms with Crippen LogP contribution in [0.5, 0.6) is 0 Å². The van der Waals surface area contributed by atoms with Crippen molar-refractivity contribution in [1.82, 2.24) is 0 Å². The number of halogens is 1. The van der Waals surface area contributed by atoms with E-state index in [1.807, 2.05) is 17.5 Å². The van der Waals surface area contributed by atoms with Crippen molar-refractivity contribution in [2.24, 2.45) is 0 Å². The SMILES string of the molecule is COC(=O)c1ccc(COC(=O)C(=Cc2ccc(F)cc2)c2cccs2)cc1. The molecule has 0 aliphatic heterocycles. The van der Waals surface area contributed by atoms with Gasteiger partial charge in [-0.3, -0.25) is 0 Å². The first-order chi connectivity index (χ1) is 13.6. The topological polar surface area (TPSA) is 52.6 Å². The number of carbonyl (C=O) groups excluding carboxylic acids is 2. The van der Waals surface area contributed by atoms with E-state index in [1.165, 1.54) is 30.6 Å². The zero-order valence-corrected chi connectivity index (χ0v) is 15.9. The molecule has 0 saturated carbocycles. The van der Waals surface area contributed by atoms with E-state index in [0.29, 0.717) is 16.7 Å². The maximum absolute atomic E-state index is 13.1. The van der Waals surface area contributed by atoms with Crippen LogP contribution in [0, 0.1) is 5.82 Å². The van der Waals surface area contributed by atoms with Gasteiger partial charge in [-0.15, -0.1) is 11.3 Å². The highest BCUT2D eigenvalue weighted by Crippen LogP contribution is 2.25. The Morgan fingerprint density at radius 1 is 1.04 bits per heavy atom. The molecular weight excluding hydrogens is 379 g/mol. The number of carbonyl (C=O) groups is 2. The van der Waals surface area contributed by atoms with E-state index in [9.17, 15) is 14.0 Å². The van der Waals surface area contributed by atoms with Gasteiger partial charge in [0.15, 0.2) is 0 Å². The molecule has 1 aromatic heterocycles. The van der Waals surface area contributed by atoms with Gasteiger partial charge in [-0.25, -0.2) is 14.0 Å². The van der Waals surface area contributed by atoms with Crippen molar-refractivity contribution in [1.29, 1.82) is 0 Å². The summed E-state index contributed by atoms with van der Waals surface area (Å²) in [5.74, 6) is -1.25. The lowest BCUT2D eigenvalue weighted by atomic mass is 10.1. The Morgan fingerprint density at radius 3 is 2.36 bits per heavy atom. The molecule has 0 amide bonds. The van der Waals surface area contributed by atoms with E-state index < -0.39 is 11.9 Å². The molecule has 0 spiro atoms. The molecule has 6 heteroatoms. The molecule has 0 saturated heterocycles. The first-order valence-electron chi connectivity index (χ1n) is 8.42. The van der Waals surface area contributed by atoms with Crippen molar-refractivity contribution in [3.8, 4) is 0 Å². The number of methoxy groups -OCH3 is 1. The van der Waals surface area contributed by atoms with E-state index in [0.717, 1.165) is 10.4 Å². The summed E-state index contributed by atoms with van der Waals surface area (Å²) in [7, 11) is 1.32. The molecule has 0 bridgehead atoms. The molecule has 0 unspecified atom stereocenters. The highest BCUT2D eigenvalue weighted by molar-refractivity contribution is 7.11. The Balaban J connectivity index is 1.75. The monoisotopic (exact) mass is 396 g/mol. The molecule has 0 radical (unpaired) electrons. The van der Waals surface area contributed by atoms with Gasteiger partial charge >= 0.3 is 11.9 Å². The summed E-state index contributed by atoms with van der Waals surface area (Å²) < 4.78 is 23.2. The van der Waals surface area contributed by atoms with Crippen LogP contribution in [-0.2, 0) is 20.9 Å². The summed E-state index contributed by atoms with van der Waals surface area (Å²) in [5.41, 5.74) is 2.26. The lowest BCUT2D eigenvalue weighted by molar-refractivity contribution is -0.137. The van der Waals surface area contributed by atoms with Crippen LogP contribution < -0.4 is 0 Å². The minimum Gasteiger partial charge on any atom is -0.465 e. The fourth-order valence-electron chi connectivity index (χ4n) is 2.47. The molecule has 2 aromatic carbocycles. The number of thiophene rings is 1. The second-order valence-corrected chi connectivity index (χ2v) is 6.80. The molecule has 4 nitrogen and oxygen atoms in total. The molecule has 0 aliphatic rings. The molecule has 0 N–H and O–H groups in total. The second-order valence-electron chi connectivity index (χ2n) is 5.85. The number of hydrogen-bond donors (Lipinski definition) is 0. The van der Waals surface area contributed by atoms with Gasteiger partial charge in [-0.1, -0.05) is 30.3 Å². The van der Waals surface area contributed by atoms with Crippen molar-refractivity contribution in [2.45, 2.75) is 6.61 Å². The minimum atomic E-state index is -0.483. The van der Waals surface area contributed by atoms with Crippen LogP contribution in [0.3, 0.4) is 0 Å². The summed E-state index contributed by atoms with van der Waals surface area (Å²) in [6, 6.07) is 16.2. The van der Waals surface area contributed by atoms with Gasteiger partial charge < -0.3 is 9.47 Å². The van der Waals surface area contributed by atoms with Crippen molar-refractivity contribution in [3.05, 3.63) is 93.4 Å². The van der Waals surface area contributed by atoms with Crippen molar-refractivity contribution in [3.63, 3.8) is 0 Å². The molecular formula is C22H17FO4S. The average molecular weight is 396 g/mol. The maximum Gasteiger partial charge on any atom is 0.339 e. The smallest absolute Gasteiger partial charge is 0.339 e. The predicted molar refractivity (Wildman–Crippen MR) is 106 cm³/mol. The van der Waals surface area contributed by atoms with Crippen LogP contribution in [-0.4, -0.2) is 19.0 Å². The summed E-state index contributed by atoms with van der Waals surface area (Å²) in [6.07, 6.45) is 1.67. The highest BCUT2D eigenvalue weighted by atomic mass is 32.1. The number of ether oxygens (including phenoxy) is 2. The van der Waals surface area contributed by atoms with Crippen molar-refractivity contribution in [2.75, 3.05) is 7.11 Å². The number of rotatable bonds is 6. The van der Waals surface area contributed by atoms with Crippen LogP contribution in [0.15, 0.2) is 66.0 Å². The van der Waals surface area contributed by atoms with Gasteiger partial charge in [0.1, 0.15) is 12.4 Å².